The fourth-order valence-electron chi connectivity index (χ4n) is 4.80. The molecule has 0 radical (unpaired) electrons. The fourth-order valence-corrected chi connectivity index (χ4v) is 4.80. The van der Waals surface area contributed by atoms with Crippen molar-refractivity contribution in [2.24, 2.45) is 0 Å². The van der Waals surface area contributed by atoms with E-state index in [4.69, 9.17) is 0 Å². The molecule has 3 atom stereocenters. The van der Waals surface area contributed by atoms with Crippen LogP contribution in [-0.4, -0.2) is 52.8 Å². The van der Waals surface area contributed by atoms with Crippen LogP contribution < -0.4 is 5.32 Å². The molecule has 3 saturated heterocycles. The molecular weight excluding hydrogens is 314 g/mol. The third-order valence-corrected chi connectivity index (χ3v) is 5.83. The van der Waals surface area contributed by atoms with Crippen molar-refractivity contribution in [3.8, 4) is 0 Å². The quantitative estimate of drug-likeness (QED) is 0.911. The number of hydrogen-bond donors (Lipinski definition) is 1. The maximum Gasteiger partial charge on any atom is 0.245 e. The number of nitrogens with one attached hydrogen (secondary N) is 1. The van der Waals surface area contributed by atoms with E-state index >= 15 is 0 Å². The number of piperazine rings is 1. The first kappa shape index (κ1) is 16.6. The standard InChI is InChI=1S/C20H27N3O2/c1-13-6-14(2)8-15(7-13)10-22-11-17-9-16(22)12-23(17)20(25)18-4-3-5-19(24)21-18/h6-8,16-18H,3-5,9-12H2,1-2H3,(H,21,24)/t16-,17-,18+/m0/s1. The largest absolute Gasteiger partial charge is 0.344 e. The Kier molecular flexibility index (Phi) is 4.28. The van der Waals surface area contributed by atoms with Crippen LogP contribution in [0.5, 0.6) is 0 Å². The summed E-state index contributed by atoms with van der Waals surface area (Å²) in [6.45, 7) is 7.01. The summed E-state index contributed by atoms with van der Waals surface area (Å²) < 4.78 is 0. The lowest BCUT2D eigenvalue weighted by Gasteiger charge is -2.37. The molecule has 3 aliphatic rings. The predicted octanol–water partition coefficient (Wildman–Crippen LogP) is 1.76. The lowest BCUT2D eigenvalue weighted by Crippen LogP contribution is -2.55. The van der Waals surface area contributed by atoms with Crippen LogP contribution in [0.3, 0.4) is 0 Å². The zero-order valence-corrected chi connectivity index (χ0v) is 15.1. The van der Waals surface area contributed by atoms with Gasteiger partial charge in [0.1, 0.15) is 6.04 Å². The van der Waals surface area contributed by atoms with Crippen LogP contribution in [0.4, 0.5) is 0 Å². The number of nitrogens with zero attached hydrogens (tertiary/aromatic N) is 2. The summed E-state index contributed by atoms with van der Waals surface area (Å²) in [5.74, 6) is 0.150. The van der Waals surface area contributed by atoms with Crippen LogP contribution in [-0.2, 0) is 16.1 Å². The maximum atomic E-state index is 12.8. The molecule has 0 aromatic heterocycles. The van der Waals surface area contributed by atoms with Gasteiger partial charge in [-0.15, -0.1) is 0 Å². The second kappa shape index (κ2) is 6.45. The molecule has 1 aromatic rings. The van der Waals surface area contributed by atoms with Crippen LogP contribution in [0, 0.1) is 13.8 Å². The molecule has 0 spiro atoms. The second-order valence-corrected chi connectivity index (χ2v) is 7.97. The van der Waals surface area contributed by atoms with E-state index in [-0.39, 0.29) is 17.9 Å². The predicted molar refractivity (Wildman–Crippen MR) is 96.0 cm³/mol. The Morgan fingerprint density at radius 2 is 1.92 bits per heavy atom. The number of piperidine rings is 1. The number of fused-ring (bicyclic) bond motifs is 2. The molecule has 5 nitrogen and oxygen atoms in total. The van der Waals surface area contributed by atoms with Crippen molar-refractivity contribution in [3.05, 3.63) is 34.9 Å². The summed E-state index contributed by atoms with van der Waals surface area (Å²) in [5.41, 5.74) is 3.98. The van der Waals surface area contributed by atoms with Crippen molar-refractivity contribution in [1.29, 1.82) is 0 Å². The van der Waals surface area contributed by atoms with Crippen LogP contribution in [0.15, 0.2) is 18.2 Å². The second-order valence-electron chi connectivity index (χ2n) is 7.97. The number of likely N-dealkylation sites (tertiary alicyclic amines) is 2. The molecule has 0 aliphatic carbocycles. The van der Waals surface area contributed by atoms with Gasteiger partial charge in [-0.05, 0) is 38.7 Å². The molecule has 3 heterocycles. The summed E-state index contributed by atoms with van der Waals surface area (Å²) in [6, 6.07) is 7.20. The number of hydrogen-bond acceptors (Lipinski definition) is 3. The van der Waals surface area contributed by atoms with E-state index < -0.39 is 0 Å². The van der Waals surface area contributed by atoms with Gasteiger partial charge in [-0.3, -0.25) is 14.5 Å². The van der Waals surface area contributed by atoms with Crippen LogP contribution in [0.1, 0.15) is 42.4 Å². The van der Waals surface area contributed by atoms with Crippen molar-refractivity contribution in [2.75, 3.05) is 13.1 Å². The summed E-state index contributed by atoms with van der Waals surface area (Å²) in [6.07, 6.45) is 3.23. The topological polar surface area (TPSA) is 52.7 Å². The Morgan fingerprint density at radius 3 is 2.56 bits per heavy atom. The minimum atomic E-state index is -0.298. The minimum absolute atomic E-state index is 0.0189. The van der Waals surface area contributed by atoms with E-state index in [1.165, 1.54) is 16.7 Å². The van der Waals surface area contributed by atoms with Gasteiger partial charge in [-0.25, -0.2) is 0 Å². The highest BCUT2D eigenvalue weighted by Gasteiger charge is 2.46. The number of aryl methyl sites for hydroxylation is 2. The van der Waals surface area contributed by atoms with Crippen LogP contribution in [0.2, 0.25) is 0 Å². The van der Waals surface area contributed by atoms with Gasteiger partial charge in [0.15, 0.2) is 0 Å². The van der Waals surface area contributed by atoms with E-state index in [1.54, 1.807) is 0 Å². The maximum absolute atomic E-state index is 12.8. The smallest absolute Gasteiger partial charge is 0.245 e. The van der Waals surface area contributed by atoms with Gasteiger partial charge in [-0.2, -0.15) is 0 Å². The summed E-state index contributed by atoms with van der Waals surface area (Å²) >= 11 is 0. The van der Waals surface area contributed by atoms with E-state index in [2.05, 4.69) is 42.3 Å². The third kappa shape index (κ3) is 3.30. The molecule has 2 bridgehead atoms. The number of benzene rings is 1. The zero-order valence-electron chi connectivity index (χ0n) is 15.1. The highest BCUT2D eigenvalue weighted by Crippen LogP contribution is 2.33. The lowest BCUT2D eigenvalue weighted by molar-refractivity contribution is -0.140. The number of rotatable bonds is 3. The third-order valence-electron chi connectivity index (χ3n) is 5.83. The van der Waals surface area contributed by atoms with Gasteiger partial charge < -0.3 is 10.2 Å². The molecule has 3 aliphatic heterocycles. The molecule has 25 heavy (non-hydrogen) atoms. The van der Waals surface area contributed by atoms with E-state index in [1.807, 2.05) is 4.90 Å². The Hall–Kier alpha value is -1.88. The first-order valence-corrected chi connectivity index (χ1v) is 9.40. The van der Waals surface area contributed by atoms with Gasteiger partial charge in [0.2, 0.25) is 11.8 Å². The normalized spacial score (nSPS) is 29.1. The molecular formula is C20H27N3O2. The van der Waals surface area contributed by atoms with Gasteiger partial charge in [0.25, 0.3) is 0 Å². The molecule has 0 unspecified atom stereocenters. The minimum Gasteiger partial charge on any atom is -0.344 e. The molecule has 2 amide bonds. The van der Waals surface area contributed by atoms with Gasteiger partial charge in [-0.1, -0.05) is 29.3 Å². The first-order chi connectivity index (χ1) is 12.0. The number of carbonyl (C=O) groups excluding carboxylic acids is 2. The van der Waals surface area contributed by atoms with Crippen molar-refractivity contribution in [3.63, 3.8) is 0 Å². The summed E-state index contributed by atoms with van der Waals surface area (Å²) in [4.78, 5) is 28.9. The molecule has 5 heteroatoms. The summed E-state index contributed by atoms with van der Waals surface area (Å²) in [5, 5.41) is 2.87. The van der Waals surface area contributed by atoms with E-state index in [0.717, 1.165) is 38.9 Å². The number of amides is 2. The van der Waals surface area contributed by atoms with Crippen LogP contribution in [0.25, 0.3) is 0 Å². The Bertz CT molecular complexity index is 682. The molecule has 1 aromatic carbocycles. The molecule has 0 saturated carbocycles. The van der Waals surface area contributed by atoms with Crippen molar-refractivity contribution >= 4 is 11.8 Å². The van der Waals surface area contributed by atoms with Crippen molar-refractivity contribution < 1.29 is 9.59 Å². The molecule has 1 N–H and O–H groups in total. The van der Waals surface area contributed by atoms with Crippen molar-refractivity contribution in [1.82, 2.24) is 15.1 Å². The average Bonchev–Trinajstić information content (AvgIpc) is 3.13. The monoisotopic (exact) mass is 341 g/mol. The molecule has 3 fully saturated rings. The van der Waals surface area contributed by atoms with Gasteiger partial charge in [0.05, 0.1) is 0 Å². The zero-order chi connectivity index (χ0) is 17.6. The van der Waals surface area contributed by atoms with Gasteiger partial charge in [0, 0.05) is 38.1 Å². The van der Waals surface area contributed by atoms with Gasteiger partial charge >= 0.3 is 0 Å². The highest BCUT2D eigenvalue weighted by molar-refractivity contribution is 5.89. The molecule has 134 valence electrons. The summed E-state index contributed by atoms with van der Waals surface area (Å²) in [7, 11) is 0. The average molecular weight is 341 g/mol. The fraction of sp³-hybridized carbons (Fsp3) is 0.600. The lowest BCUT2D eigenvalue weighted by atomic mass is 10.0. The highest BCUT2D eigenvalue weighted by atomic mass is 16.2. The Morgan fingerprint density at radius 1 is 1.16 bits per heavy atom. The van der Waals surface area contributed by atoms with E-state index in [0.29, 0.717) is 18.5 Å². The Labute approximate surface area is 149 Å². The van der Waals surface area contributed by atoms with Crippen molar-refractivity contribution in [2.45, 2.75) is 64.2 Å². The first-order valence-electron chi connectivity index (χ1n) is 9.40. The SMILES string of the molecule is Cc1cc(C)cc(CN2C[C@@H]3C[C@H]2CN3C(=O)[C@H]2CCCC(=O)N2)c1. The van der Waals surface area contributed by atoms with Crippen LogP contribution >= 0.6 is 0 Å². The van der Waals surface area contributed by atoms with E-state index in [9.17, 15) is 9.59 Å². The molecule has 4 rings (SSSR count). The Balaban J connectivity index is 1.38. The number of carbonyl (C=O) groups is 2.